The Bertz CT molecular complexity index is 847. The van der Waals surface area contributed by atoms with Crippen LogP contribution in [0.2, 0.25) is 0 Å². The largest absolute Gasteiger partial charge is 0.491 e. The molecule has 2 aromatic rings. The molecule has 2 heterocycles. The van der Waals surface area contributed by atoms with Crippen molar-refractivity contribution >= 4 is 18.4 Å². The van der Waals surface area contributed by atoms with Gasteiger partial charge in [-0.05, 0) is 50.1 Å². The molecular formula is C20H21N3O3. The smallest absolute Gasteiger partial charge is 0.337 e. The number of para-hydroxylation sites is 1. The SMILES string of the molecule is C=N/C=C\C=C(/C)OC1CN(c2cccc(C(=O)O)c2-n2cccc2)C1. The lowest BCUT2D eigenvalue weighted by Crippen LogP contribution is -2.52. The first kappa shape index (κ1) is 17.5. The quantitative estimate of drug-likeness (QED) is 0.471. The van der Waals surface area contributed by atoms with E-state index in [0.29, 0.717) is 18.8 Å². The average molecular weight is 351 g/mol. The zero-order chi connectivity index (χ0) is 18.5. The zero-order valence-corrected chi connectivity index (χ0v) is 14.6. The molecule has 1 aliphatic rings. The number of ether oxygens (including phenoxy) is 1. The maximum Gasteiger partial charge on any atom is 0.337 e. The van der Waals surface area contributed by atoms with Crippen LogP contribution in [0.4, 0.5) is 5.69 Å². The van der Waals surface area contributed by atoms with E-state index >= 15 is 0 Å². The van der Waals surface area contributed by atoms with Gasteiger partial charge in [-0.2, -0.15) is 0 Å². The molecular weight excluding hydrogens is 330 g/mol. The molecule has 0 aliphatic carbocycles. The lowest BCUT2D eigenvalue weighted by Gasteiger charge is -2.41. The molecule has 0 bridgehead atoms. The van der Waals surface area contributed by atoms with Crippen molar-refractivity contribution in [3.63, 3.8) is 0 Å². The van der Waals surface area contributed by atoms with Crippen LogP contribution < -0.4 is 4.90 Å². The molecule has 0 unspecified atom stereocenters. The topological polar surface area (TPSA) is 67.1 Å². The third-order valence-corrected chi connectivity index (χ3v) is 4.17. The average Bonchev–Trinajstić information content (AvgIpc) is 3.11. The number of rotatable bonds is 7. The Morgan fingerprint density at radius 1 is 1.31 bits per heavy atom. The number of carbonyl (C=O) groups is 1. The molecule has 6 nitrogen and oxygen atoms in total. The van der Waals surface area contributed by atoms with Gasteiger partial charge in [-0.25, -0.2) is 4.79 Å². The number of benzene rings is 1. The van der Waals surface area contributed by atoms with Crippen LogP contribution >= 0.6 is 0 Å². The van der Waals surface area contributed by atoms with E-state index in [1.54, 1.807) is 24.4 Å². The Hall–Kier alpha value is -3.28. The van der Waals surface area contributed by atoms with Crippen LogP contribution in [0.1, 0.15) is 17.3 Å². The predicted octanol–water partition coefficient (Wildman–Crippen LogP) is 3.50. The molecule has 0 spiro atoms. The van der Waals surface area contributed by atoms with Crippen molar-refractivity contribution in [3.8, 4) is 5.69 Å². The number of anilines is 1. The predicted molar refractivity (Wildman–Crippen MR) is 102 cm³/mol. The first-order valence-corrected chi connectivity index (χ1v) is 8.30. The Morgan fingerprint density at radius 2 is 2.04 bits per heavy atom. The lowest BCUT2D eigenvalue weighted by atomic mass is 10.1. The fourth-order valence-corrected chi connectivity index (χ4v) is 2.96. The van der Waals surface area contributed by atoms with E-state index in [2.05, 4.69) is 16.6 Å². The van der Waals surface area contributed by atoms with Gasteiger partial charge in [0, 0.05) is 18.6 Å². The van der Waals surface area contributed by atoms with Crippen LogP contribution in [0, 0.1) is 0 Å². The molecule has 1 fully saturated rings. The van der Waals surface area contributed by atoms with Crippen molar-refractivity contribution in [3.05, 3.63) is 72.4 Å². The molecule has 1 aliphatic heterocycles. The molecule has 0 atom stereocenters. The van der Waals surface area contributed by atoms with Gasteiger partial charge >= 0.3 is 5.97 Å². The van der Waals surface area contributed by atoms with E-state index in [4.69, 9.17) is 4.74 Å². The van der Waals surface area contributed by atoms with Crippen molar-refractivity contribution in [2.45, 2.75) is 13.0 Å². The van der Waals surface area contributed by atoms with Gasteiger partial charge in [-0.3, -0.25) is 4.99 Å². The molecule has 26 heavy (non-hydrogen) atoms. The van der Waals surface area contributed by atoms with Crippen LogP contribution in [0.15, 0.2) is 71.8 Å². The van der Waals surface area contributed by atoms with Crippen molar-refractivity contribution in [1.29, 1.82) is 0 Å². The second-order valence-electron chi connectivity index (χ2n) is 6.02. The monoisotopic (exact) mass is 351 g/mol. The number of hydrogen-bond donors (Lipinski definition) is 1. The van der Waals surface area contributed by atoms with E-state index < -0.39 is 5.97 Å². The van der Waals surface area contributed by atoms with Gasteiger partial charge in [0.1, 0.15) is 6.10 Å². The summed E-state index contributed by atoms with van der Waals surface area (Å²) < 4.78 is 7.71. The minimum atomic E-state index is -0.940. The number of carboxylic acids is 1. The van der Waals surface area contributed by atoms with Gasteiger partial charge in [0.05, 0.1) is 35.8 Å². The Kier molecular flexibility index (Phi) is 5.22. The molecule has 1 saturated heterocycles. The Labute approximate surface area is 152 Å². The fourth-order valence-electron chi connectivity index (χ4n) is 2.96. The maximum atomic E-state index is 11.7. The Balaban J connectivity index is 1.77. The Morgan fingerprint density at radius 3 is 2.69 bits per heavy atom. The van der Waals surface area contributed by atoms with Gasteiger partial charge in [0.25, 0.3) is 0 Å². The summed E-state index contributed by atoms with van der Waals surface area (Å²) >= 11 is 0. The second-order valence-corrected chi connectivity index (χ2v) is 6.02. The highest BCUT2D eigenvalue weighted by Crippen LogP contribution is 2.32. The van der Waals surface area contributed by atoms with Crippen molar-refractivity contribution in [2.75, 3.05) is 18.0 Å². The molecule has 0 saturated carbocycles. The van der Waals surface area contributed by atoms with Gasteiger partial charge in [-0.15, -0.1) is 0 Å². The number of aliphatic imine (C=N–C) groups is 1. The number of carboxylic acid groups (broad SMARTS) is 1. The third kappa shape index (κ3) is 3.69. The molecule has 6 heteroatoms. The van der Waals surface area contributed by atoms with Crippen LogP contribution in [0.3, 0.4) is 0 Å². The highest BCUT2D eigenvalue weighted by atomic mass is 16.5. The molecule has 1 aromatic heterocycles. The molecule has 0 radical (unpaired) electrons. The van der Waals surface area contributed by atoms with E-state index in [-0.39, 0.29) is 11.7 Å². The number of allylic oxidation sites excluding steroid dienone is 3. The summed E-state index contributed by atoms with van der Waals surface area (Å²) in [7, 11) is 0. The van der Waals surface area contributed by atoms with Gasteiger partial charge in [0.15, 0.2) is 0 Å². The van der Waals surface area contributed by atoms with Crippen LogP contribution in [-0.2, 0) is 4.74 Å². The second kappa shape index (κ2) is 7.74. The lowest BCUT2D eigenvalue weighted by molar-refractivity contribution is 0.0697. The van der Waals surface area contributed by atoms with E-state index in [1.807, 2.05) is 48.2 Å². The number of aromatic carboxylic acids is 1. The molecule has 0 amide bonds. The van der Waals surface area contributed by atoms with Crippen LogP contribution in [-0.4, -0.2) is 41.6 Å². The summed E-state index contributed by atoms with van der Waals surface area (Å²) in [4.78, 5) is 17.4. The fraction of sp³-hybridized carbons (Fsp3) is 0.200. The van der Waals surface area contributed by atoms with Gasteiger partial charge in [-0.1, -0.05) is 6.07 Å². The van der Waals surface area contributed by atoms with E-state index in [9.17, 15) is 9.90 Å². The summed E-state index contributed by atoms with van der Waals surface area (Å²) in [5.74, 6) is -0.135. The first-order valence-electron chi connectivity index (χ1n) is 8.30. The van der Waals surface area contributed by atoms with Gasteiger partial charge in [0.2, 0.25) is 0 Å². The van der Waals surface area contributed by atoms with Crippen LogP contribution in [0.25, 0.3) is 5.69 Å². The summed E-state index contributed by atoms with van der Waals surface area (Å²) in [5, 5.41) is 9.55. The molecule has 1 aromatic carbocycles. The number of aromatic nitrogens is 1. The highest BCUT2D eigenvalue weighted by Gasteiger charge is 2.31. The van der Waals surface area contributed by atoms with Crippen molar-refractivity contribution in [2.24, 2.45) is 4.99 Å². The molecule has 134 valence electrons. The summed E-state index contributed by atoms with van der Waals surface area (Å²) in [5.41, 5.74) is 1.84. The van der Waals surface area contributed by atoms with E-state index in [0.717, 1.165) is 11.4 Å². The number of nitrogens with zero attached hydrogens (tertiary/aromatic N) is 3. The minimum Gasteiger partial charge on any atom is -0.491 e. The normalized spacial score (nSPS) is 15.1. The van der Waals surface area contributed by atoms with Crippen molar-refractivity contribution < 1.29 is 14.6 Å². The third-order valence-electron chi connectivity index (χ3n) is 4.17. The van der Waals surface area contributed by atoms with Gasteiger partial charge < -0.3 is 19.3 Å². The van der Waals surface area contributed by atoms with Crippen LogP contribution in [0.5, 0.6) is 0 Å². The van der Waals surface area contributed by atoms with E-state index in [1.165, 1.54) is 0 Å². The number of hydrogen-bond acceptors (Lipinski definition) is 4. The first-order chi connectivity index (χ1) is 12.6. The maximum absolute atomic E-state index is 11.7. The molecule has 3 rings (SSSR count). The summed E-state index contributed by atoms with van der Waals surface area (Å²) in [6, 6.07) is 9.10. The standard InChI is InChI=1S/C20H21N3O3/c1-15(7-6-10-21-2)26-16-13-23(14-16)18-9-5-8-17(20(24)25)19(18)22-11-3-4-12-22/h3-12,16H,2,13-14H2,1H3,(H,24,25)/b10-6-,15-7+. The van der Waals surface area contributed by atoms with Crippen molar-refractivity contribution in [1.82, 2.24) is 4.57 Å². The summed E-state index contributed by atoms with van der Waals surface area (Å²) in [6.45, 7) is 6.68. The highest BCUT2D eigenvalue weighted by molar-refractivity contribution is 5.95. The minimum absolute atomic E-state index is 0.0716. The molecule has 1 N–H and O–H groups in total. The zero-order valence-electron chi connectivity index (χ0n) is 14.6. The summed E-state index contributed by atoms with van der Waals surface area (Å²) in [6.07, 6.45) is 8.99.